The number of amides is 2. The Hall–Kier alpha value is -1.31. The van der Waals surface area contributed by atoms with Gasteiger partial charge in [-0.25, -0.2) is 22.9 Å². The maximum atomic E-state index is 12.3. The van der Waals surface area contributed by atoms with E-state index in [0.29, 0.717) is 6.42 Å². The van der Waals surface area contributed by atoms with Crippen LogP contribution in [0.4, 0.5) is 4.79 Å². The molecule has 0 fully saturated rings. The Balaban J connectivity index is 2.20. The third-order valence-electron chi connectivity index (χ3n) is 3.19. The Bertz CT molecular complexity index is 706. The predicted molar refractivity (Wildman–Crippen MR) is 85.8 cm³/mol. The van der Waals surface area contributed by atoms with Gasteiger partial charge in [-0.2, -0.15) is 5.10 Å². The van der Waals surface area contributed by atoms with Gasteiger partial charge in [-0.15, -0.1) is 0 Å². The van der Waals surface area contributed by atoms with Gasteiger partial charge in [0, 0.05) is 12.6 Å². The fourth-order valence-corrected chi connectivity index (χ4v) is 3.85. The third-order valence-corrected chi connectivity index (χ3v) is 5.48. The Morgan fingerprint density at radius 1 is 1.45 bits per heavy atom. The van der Waals surface area contributed by atoms with Crippen LogP contribution in [-0.4, -0.2) is 31.7 Å². The lowest BCUT2D eigenvalue weighted by Crippen LogP contribution is -2.43. The smallest absolute Gasteiger partial charge is 0.246 e. The summed E-state index contributed by atoms with van der Waals surface area (Å²) in [5.41, 5.74) is 0. The quantitative estimate of drug-likeness (QED) is 0.891. The Labute approximate surface area is 139 Å². The number of nitrogens with zero attached hydrogens (tertiary/aromatic N) is 2. The van der Waals surface area contributed by atoms with Gasteiger partial charge in [-0.05, 0) is 18.6 Å². The van der Waals surface area contributed by atoms with E-state index < -0.39 is 16.1 Å². The van der Waals surface area contributed by atoms with Gasteiger partial charge in [-0.3, -0.25) is 0 Å². The van der Waals surface area contributed by atoms with E-state index in [2.05, 4.69) is 5.10 Å². The van der Waals surface area contributed by atoms with Crippen LogP contribution < -0.4 is 4.72 Å². The fourth-order valence-electron chi connectivity index (χ4n) is 2.15. The van der Waals surface area contributed by atoms with Gasteiger partial charge in [0.05, 0.1) is 16.1 Å². The number of carbonyl (C=O) groups excluding carboxylic acids is 1. The summed E-state index contributed by atoms with van der Waals surface area (Å²) >= 11 is 11.7. The number of benzene rings is 1. The molecule has 0 aliphatic carbocycles. The molecule has 0 saturated carbocycles. The van der Waals surface area contributed by atoms with Gasteiger partial charge in [0.1, 0.15) is 4.90 Å². The van der Waals surface area contributed by atoms with E-state index in [0.717, 1.165) is 17.9 Å². The lowest BCUT2D eigenvalue weighted by molar-refractivity contribution is 0.188. The zero-order valence-electron chi connectivity index (χ0n) is 11.8. The van der Waals surface area contributed by atoms with Crippen LogP contribution in [0, 0.1) is 0 Å². The normalized spacial score (nSPS) is 17.8. The highest BCUT2D eigenvalue weighted by molar-refractivity contribution is 7.90. The van der Waals surface area contributed by atoms with E-state index in [1.807, 2.05) is 11.6 Å². The summed E-state index contributed by atoms with van der Waals surface area (Å²) in [5, 5.41) is 5.05. The monoisotopic (exact) mass is 363 g/mol. The first kappa shape index (κ1) is 17.1. The standard InChI is InChI=1S/C13H15Cl2N3O3S/c1-2-4-9-7-8-16-18(9)13(19)17-22(20,21)11-6-3-5-10(14)12(11)15/h3,5-6,8-9H,2,4,7H2,1H3,(H,17,19). The number of halogens is 2. The maximum absolute atomic E-state index is 12.3. The second-order valence-electron chi connectivity index (χ2n) is 4.78. The first-order chi connectivity index (χ1) is 10.4. The molecule has 1 aliphatic heterocycles. The molecular formula is C13H15Cl2N3O3S. The second-order valence-corrected chi connectivity index (χ2v) is 7.22. The molecule has 2 rings (SSSR count). The molecule has 1 atom stereocenters. The van der Waals surface area contributed by atoms with Gasteiger partial charge in [0.25, 0.3) is 10.0 Å². The minimum Gasteiger partial charge on any atom is -0.246 e. The van der Waals surface area contributed by atoms with E-state index in [1.165, 1.54) is 18.2 Å². The summed E-state index contributed by atoms with van der Waals surface area (Å²) in [6.45, 7) is 1.98. The van der Waals surface area contributed by atoms with Gasteiger partial charge in [0.2, 0.25) is 0 Å². The van der Waals surface area contributed by atoms with Crippen LogP contribution in [0.2, 0.25) is 10.0 Å². The van der Waals surface area contributed by atoms with Gasteiger partial charge >= 0.3 is 6.03 Å². The molecule has 0 radical (unpaired) electrons. The number of carbonyl (C=O) groups is 1. The Morgan fingerprint density at radius 3 is 2.86 bits per heavy atom. The number of urea groups is 1. The van der Waals surface area contributed by atoms with Crippen molar-refractivity contribution in [1.82, 2.24) is 9.73 Å². The fraction of sp³-hybridized carbons (Fsp3) is 0.385. The molecule has 0 aromatic heterocycles. The lowest BCUT2D eigenvalue weighted by atomic mass is 10.1. The average Bonchev–Trinajstić information content (AvgIpc) is 2.90. The first-order valence-corrected chi connectivity index (χ1v) is 8.93. The lowest BCUT2D eigenvalue weighted by Gasteiger charge is -2.21. The van der Waals surface area contributed by atoms with Crippen LogP contribution in [0.1, 0.15) is 26.2 Å². The summed E-state index contributed by atoms with van der Waals surface area (Å²) < 4.78 is 26.5. The highest BCUT2D eigenvalue weighted by atomic mass is 35.5. The molecule has 9 heteroatoms. The van der Waals surface area contributed by atoms with Crippen LogP contribution in [0.3, 0.4) is 0 Å². The van der Waals surface area contributed by atoms with Crippen molar-refractivity contribution in [3.05, 3.63) is 28.2 Å². The molecule has 0 bridgehead atoms. The van der Waals surface area contributed by atoms with Gasteiger partial charge < -0.3 is 0 Å². The number of hydrazone groups is 1. The average molecular weight is 364 g/mol. The minimum atomic E-state index is -4.12. The number of hydrogen-bond donors (Lipinski definition) is 1. The zero-order chi connectivity index (χ0) is 16.3. The van der Waals surface area contributed by atoms with Crippen LogP contribution >= 0.6 is 23.2 Å². The number of nitrogens with one attached hydrogen (secondary N) is 1. The molecule has 1 N–H and O–H groups in total. The number of hydrogen-bond acceptors (Lipinski definition) is 4. The molecule has 22 heavy (non-hydrogen) atoms. The Kier molecular flexibility index (Phi) is 5.31. The van der Waals surface area contributed by atoms with E-state index in [-0.39, 0.29) is 21.0 Å². The van der Waals surface area contributed by atoms with Gasteiger partial charge in [0.15, 0.2) is 0 Å². The van der Waals surface area contributed by atoms with Gasteiger partial charge in [-0.1, -0.05) is 42.6 Å². The topological polar surface area (TPSA) is 78.8 Å². The van der Waals surface area contributed by atoms with E-state index in [4.69, 9.17) is 23.2 Å². The molecule has 1 heterocycles. The number of sulfonamides is 1. The van der Waals surface area contributed by atoms with Crippen molar-refractivity contribution in [2.75, 3.05) is 0 Å². The van der Waals surface area contributed by atoms with Crippen molar-refractivity contribution < 1.29 is 13.2 Å². The highest BCUT2D eigenvalue weighted by Gasteiger charge is 2.30. The largest absolute Gasteiger partial charge is 0.351 e. The van der Waals surface area contributed by atoms with Crippen molar-refractivity contribution in [2.45, 2.75) is 37.1 Å². The first-order valence-electron chi connectivity index (χ1n) is 6.69. The van der Waals surface area contributed by atoms with Crippen molar-refractivity contribution in [3.8, 4) is 0 Å². The van der Waals surface area contributed by atoms with Crippen LogP contribution in [-0.2, 0) is 10.0 Å². The molecular weight excluding hydrogens is 349 g/mol. The molecule has 1 aliphatic rings. The number of rotatable bonds is 4. The van der Waals surface area contributed by atoms with Crippen LogP contribution in [0.5, 0.6) is 0 Å². The van der Waals surface area contributed by atoms with Crippen LogP contribution in [0.25, 0.3) is 0 Å². The van der Waals surface area contributed by atoms with Crippen molar-refractivity contribution in [1.29, 1.82) is 0 Å². The highest BCUT2D eigenvalue weighted by Crippen LogP contribution is 2.29. The van der Waals surface area contributed by atoms with E-state index in [1.54, 1.807) is 6.21 Å². The predicted octanol–water partition coefficient (Wildman–Crippen LogP) is 3.25. The molecule has 1 aromatic rings. The zero-order valence-corrected chi connectivity index (χ0v) is 14.1. The molecule has 6 nitrogen and oxygen atoms in total. The molecule has 0 saturated heterocycles. The van der Waals surface area contributed by atoms with Crippen molar-refractivity contribution in [3.63, 3.8) is 0 Å². The third kappa shape index (κ3) is 3.53. The molecule has 1 unspecified atom stereocenters. The maximum Gasteiger partial charge on any atom is 0.351 e. The van der Waals surface area contributed by atoms with Crippen molar-refractivity contribution in [2.24, 2.45) is 5.10 Å². The second kappa shape index (κ2) is 6.85. The summed E-state index contributed by atoms with van der Waals surface area (Å²) in [4.78, 5) is 11.9. The van der Waals surface area contributed by atoms with Crippen LogP contribution in [0.15, 0.2) is 28.2 Å². The molecule has 0 spiro atoms. The molecule has 1 aromatic carbocycles. The molecule has 2 amide bonds. The van der Waals surface area contributed by atoms with E-state index in [9.17, 15) is 13.2 Å². The summed E-state index contributed by atoms with van der Waals surface area (Å²) in [7, 11) is -4.12. The minimum absolute atomic E-state index is 0.0973. The summed E-state index contributed by atoms with van der Waals surface area (Å²) in [6.07, 6.45) is 3.81. The SMILES string of the molecule is CCCC1CC=NN1C(=O)NS(=O)(=O)c1cccc(Cl)c1Cl. The Morgan fingerprint density at radius 2 is 2.18 bits per heavy atom. The van der Waals surface area contributed by atoms with E-state index >= 15 is 0 Å². The molecule has 120 valence electrons. The van der Waals surface area contributed by atoms with Crippen molar-refractivity contribution >= 4 is 45.5 Å². The summed E-state index contributed by atoms with van der Waals surface area (Å²) in [5.74, 6) is 0. The summed E-state index contributed by atoms with van der Waals surface area (Å²) in [6, 6.07) is 3.26.